The van der Waals surface area contributed by atoms with E-state index in [2.05, 4.69) is 17.1 Å². The highest BCUT2D eigenvalue weighted by Gasteiger charge is 2.54. The summed E-state index contributed by atoms with van der Waals surface area (Å²) in [5.74, 6) is -0.0560. The van der Waals surface area contributed by atoms with Crippen molar-refractivity contribution in [3.05, 3.63) is 59.7 Å². The number of nitrogens with zero attached hydrogens (tertiary/aromatic N) is 3. The van der Waals surface area contributed by atoms with Gasteiger partial charge in [-0.1, -0.05) is 44.0 Å². The molecule has 2 fully saturated rings. The van der Waals surface area contributed by atoms with Crippen LogP contribution in [0.2, 0.25) is 0 Å². The average Bonchev–Trinajstić information content (AvgIpc) is 3.13. The smallest absolute Gasteiger partial charge is 0.250 e. The van der Waals surface area contributed by atoms with Crippen molar-refractivity contribution in [3.8, 4) is 0 Å². The summed E-state index contributed by atoms with van der Waals surface area (Å²) in [5, 5.41) is 2.95. The second-order valence-corrected chi connectivity index (χ2v) is 10.1. The highest BCUT2D eigenvalue weighted by molar-refractivity contribution is 5.99. The number of piperidine rings is 1. The Morgan fingerprint density at radius 3 is 2.36 bits per heavy atom. The van der Waals surface area contributed by atoms with Gasteiger partial charge in [-0.2, -0.15) is 0 Å². The number of rotatable bonds is 8. The minimum Gasteiger partial charge on any atom is -0.342 e. The minimum atomic E-state index is -0.734. The van der Waals surface area contributed by atoms with Crippen LogP contribution in [-0.2, 0) is 14.4 Å². The van der Waals surface area contributed by atoms with E-state index in [0.29, 0.717) is 39.0 Å². The fraction of sp³-hybridized carbons (Fsp3) is 0.483. The van der Waals surface area contributed by atoms with Crippen LogP contribution >= 0.6 is 0 Å². The number of para-hydroxylation sites is 1. The van der Waals surface area contributed by atoms with Gasteiger partial charge in [0.25, 0.3) is 5.91 Å². The Labute approximate surface area is 214 Å². The van der Waals surface area contributed by atoms with E-state index < -0.39 is 5.54 Å². The summed E-state index contributed by atoms with van der Waals surface area (Å²) in [6, 6.07) is 15.7. The number of nitrogens with one attached hydrogen (secondary N) is 1. The zero-order chi connectivity index (χ0) is 25.7. The molecule has 2 aliphatic heterocycles. The van der Waals surface area contributed by atoms with Crippen LogP contribution in [0.25, 0.3) is 0 Å². The van der Waals surface area contributed by atoms with Gasteiger partial charge in [0.15, 0.2) is 0 Å². The molecule has 7 heteroatoms. The first-order valence-corrected chi connectivity index (χ1v) is 13.1. The molecule has 7 nitrogen and oxygen atoms in total. The maximum absolute atomic E-state index is 13.8. The van der Waals surface area contributed by atoms with E-state index in [-0.39, 0.29) is 24.3 Å². The van der Waals surface area contributed by atoms with Crippen LogP contribution in [0.5, 0.6) is 0 Å². The normalized spacial score (nSPS) is 17.1. The standard InChI is InChI=1S/C29H38N4O3/c1-4-5-7-12-27(35)31-17-15-29(16-18-31)28(36)32(21-33(29)25-10-8-6-9-11-25)20-26(34)30-24-14-13-22(2)23(3)19-24/h6,8-11,13-14,19H,4-5,7,12,15-18,20-21H2,1-3H3,(H,30,34). The molecule has 4 rings (SSSR count). The molecule has 0 aliphatic carbocycles. The summed E-state index contributed by atoms with van der Waals surface area (Å²) in [5.41, 5.74) is 3.24. The third kappa shape index (κ3) is 5.40. The summed E-state index contributed by atoms with van der Waals surface area (Å²) in [6.45, 7) is 7.64. The van der Waals surface area contributed by atoms with E-state index in [4.69, 9.17) is 0 Å². The fourth-order valence-corrected chi connectivity index (χ4v) is 5.33. The summed E-state index contributed by atoms with van der Waals surface area (Å²) in [7, 11) is 0. The maximum atomic E-state index is 13.8. The molecule has 2 saturated heterocycles. The van der Waals surface area contributed by atoms with E-state index in [1.165, 1.54) is 5.56 Å². The van der Waals surface area contributed by atoms with Gasteiger partial charge >= 0.3 is 0 Å². The molecule has 1 spiro atoms. The van der Waals surface area contributed by atoms with Crippen LogP contribution < -0.4 is 10.2 Å². The second-order valence-electron chi connectivity index (χ2n) is 10.1. The molecular formula is C29H38N4O3. The first-order chi connectivity index (χ1) is 17.3. The first-order valence-electron chi connectivity index (χ1n) is 13.1. The number of carbonyl (C=O) groups is 3. The Hall–Kier alpha value is -3.35. The molecule has 2 heterocycles. The van der Waals surface area contributed by atoms with Gasteiger partial charge in [0.1, 0.15) is 12.1 Å². The fourth-order valence-electron chi connectivity index (χ4n) is 5.33. The van der Waals surface area contributed by atoms with Crippen LogP contribution in [0.4, 0.5) is 11.4 Å². The molecule has 0 atom stereocenters. The third-order valence-corrected chi connectivity index (χ3v) is 7.64. The summed E-state index contributed by atoms with van der Waals surface area (Å²) in [4.78, 5) is 45.2. The van der Waals surface area contributed by atoms with Crippen molar-refractivity contribution >= 4 is 29.1 Å². The SMILES string of the molecule is CCCCCC(=O)N1CCC2(CC1)C(=O)N(CC(=O)Nc1ccc(C)c(C)c1)CN2c1ccccc1. The highest BCUT2D eigenvalue weighted by Crippen LogP contribution is 2.39. The lowest BCUT2D eigenvalue weighted by Crippen LogP contribution is -2.57. The van der Waals surface area contributed by atoms with Crippen molar-refractivity contribution in [2.45, 2.75) is 64.8 Å². The predicted octanol–water partition coefficient (Wildman–Crippen LogP) is 4.49. The zero-order valence-corrected chi connectivity index (χ0v) is 21.8. The lowest BCUT2D eigenvalue weighted by atomic mass is 9.85. The summed E-state index contributed by atoms with van der Waals surface area (Å²) in [6.07, 6.45) is 4.76. The summed E-state index contributed by atoms with van der Waals surface area (Å²) >= 11 is 0. The zero-order valence-electron chi connectivity index (χ0n) is 21.8. The van der Waals surface area contributed by atoms with E-state index in [1.54, 1.807) is 4.90 Å². The number of carbonyl (C=O) groups excluding carboxylic acids is 3. The molecule has 0 saturated carbocycles. The Balaban J connectivity index is 1.48. The molecule has 2 aromatic rings. The molecule has 36 heavy (non-hydrogen) atoms. The Kier molecular flexibility index (Phi) is 7.97. The molecular weight excluding hydrogens is 452 g/mol. The number of benzene rings is 2. The molecule has 1 N–H and O–H groups in total. The van der Waals surface area contributed by atoms with Crippen molar-refractivity contribution in [1.82, 2.24) is 9.80 Å². The largest absolute Gasteiger partial charge is 0.342 e. The van der Waals surface area contributed by atoms with E-state index in [0.717, 1.165) is 36.2 Å². The van der Waals surface area contributed by atoms with Crippen molar-refractivity contribution in [2.75, 3.05) is 36.5 Å². The van der Waals surface area contributed by atoms with Crippen LogP contribution in [0.3, 0.4) is 0 Å². The molecule has 3 amide bonds. The molecule has 0 radical (unpaired) electrons. The monoisotopic (exact) mass is 490 g/mol. The van der Waals surface area contributed by atoms with Gasteiger partial charge in [0.2, 0.25) is 11.8 Å². The third-order valence-electron chi connectivity index (χ3n) is 7.64. The Bertz CT molecular complexity index is 1090. The number of likely N-dealkylation sites (tertiary alicyclic amines) is 1. The first kappa shape index (κ1) is 25.7. The number of hydrogen-bond donors (Lipinski definition) is 1. The van der Waals surface area contributed by atoms with Gasteiger partial charge in [0.05, 0.1) is 6.67 Å². The van der Waals surface area contributed by atoms with Gasteiger partial charge in [-0.25, -0.2) is 0 Å². The van der Waals surface area contributed by atoms with Crippen LogP contribution in [0.15, 0.2) is 48.5 Å². The maximum Gasteiger partial charge on any atom is 0.250 e. The topological polar surface area (TPSA) is 73.0 Å². The van der Waals surface area contributed by atoms with Crippen LogP contribution in [-0.4, -0.2) is 59.4 Å². The number of unbranched alkanes of at least 4 members (excludes halogenated alkanes) is 2. The number of hydrogen-bond acceptors (Lipinski definition) is 4. The van der Waals surface area contributed by atoms with Crippen LogP contribution in [0, 0.1) is 13.8 Å². The molecule has 2 aromatic carbocycles. The number of amides is 3. The van der Waals surface area contributed by atoms with E-state index in [9.17, 15) is 14.4 Å². The van der Waals surface area contributed by atoms with Gasteiger partial charge in [0, 0.05) is 30.9 Å². The van der Waals surface area contributed by atoms with Crippen molar-refractivity contribution in [1.29, 1.82) is 0 Å². The molecule has 0 bridgehead atoms. The Morgan fingerprint density at radius 1 is 0.972 bits per heavy atom. The number of aryl methyl sites for hydroxylation is 2. The molecule has 192 valence electrons. The lowest BCUT2D eigenvalue weighted by molar-refractivity contribution is -0.139. The molecule has 2 aliphatic rings. The number of anilines is 2. The average molecular weight is 491 g/mol. The predicted molar refractivity (Wildman–Crippen MR) is 143 cm³/mol. The van der Waals surface area contributed by atoms with Crippen molar-refractivity contribution in [2.24, 2.45) is 0 Å². The van der Waals surface area contributed by atoms with Gasteiger partial charge < -0.3 is 20.0 Å². The Morgan fingerprint density at radius 2 is 1.69 bits per heavy atom. The molecule has 0 unspecified atom stereocenters. The second kappa shape index (κ2) is 11.1. The highest BCUT2D eigenvalue weighted by atomic mass is 16.2. The van der Waals surface area contributed by atoms with Gasteiger partial charge in [-0.05, 0) is 68.5 Å². The van der Waals surface area contributed by atoms with E-state index >= 15 is 0 Å². The van der Waals surface area contributed by atoms with Gasteiger partial charge in [-0.15, -0.1) is 0 Å². The van der Waals surface area contributed by atoms with Gasteiger partial charge in [-0.3, -0.25) is 14.4 Å². The van der Waals surface area contributed by atoms with Crippen LogP contribution in [0.1, 0.15) is 56.6 Å². The quantitative estimate of drug-likeness (QED) is 0.554. The minimum absolute atomic E-state index is 0.00347. The van der Waals surface area contributed by atoms with Crippen molar-refractivity contribution in [3.63, 3.8) is 0 Å². The summed E-state index contributed by atoms with van der Waals surface area (Å²) < 4.78 is 0. The van der Waals surface area contributed by atoms with Crippen molar-refractivity contribution < 1.29 is 14.4 Å². The van der Waals surface area contributed by atoms with E-state index in [1.807, 2.05) is 67.3 Å². The lowest BCUT2D eigenvalue weighted by Gasteiger charge is -2.43. The molecule has 0 aromatic heterocycles.